The van der Waals surface area contributed by atoms with Gasteiger partial charge < -0.3 is 17.3 Å². The van der Waals surface area contributed by atoms with Gasteiger partial charge in [0.15, 0.2) is 0 Å². The molecular formula is C17H25CsN2O5. The average molecular weight is 470 g/mol. The first-order valence-corrected chi connectivity index (χ1v) is 7.11. The van der Waals surface area contributed by atoms with E-state index >= 15 is 0 Å². The number of carbonyl (C=O) groups is 2. The predicted octanol–water partition coefficient (Wildman–Crippen LogP) is 0.160. The number of aliphatic carboxylic acids is 1. The van der Waals surface area contributed by atoms with Crippen LogP contribution in [0.15, 0.2) is 29.7 Å². The van der Waals surface area contributed by atoms with Gasteiger partial charge in [0.25, 0.3) is 5.56 Å². The van der Waals surface area contributed by atoms with Crippen LogP contribution >= 0.6 is 0 Å². The van der Waals surface area contributed by atoms with E-state index in [0.29, 0.717) is 5.56 Å². The van der Waals surface area contributed by atoms with Crippen LogP contribution in [-0.2, 0) is 9.53 Å². The smallest absolute Gasteiger partial charge is 0.480 e. The Morgan fingerprint density at radius 1 is 1.44 bits per heavy atom. The molecule has 0 aliphatic carbocycles. The molecule has 8 heteroatoms. The summed E-state index contributed by atoms with van der Waals surface area (Å²) < 4.78 is 6.18. The topological polar surface area (TPSA) is 97.6 Å². The number of pyridine rings is 1. The van der Waals surface area contributed by atoms with Crippen LogP contribution in [-0.4, -0.2) is 27.3 Å². The summed E-state index contributed by atoms with van der Waals surface area (Å²) in [5.41, 5.74) is -0.726. The molecule has 0 aromatic carbocycles. The maximum atomic E-state index is 12.4. The van der Waals surface area contributed by atoms with E-state index in [1.807, 2.05) is 0 Å². The maximum absolute atomic E-state index is 12.4. The Balaban J connectivity index is 0. The van der Waals surface area contributed by atoms with Crippen molar-refractivity contribution in [1.29, 1.82) is 0 Å². The van der Waals surface area contributed by atoms with Crippen LogP contribution in [0.5, 0.6) is 0 Å². The van der Waals surface area contributed by atoms with Crippen LogP contribution in [0.1, 0.15) is 38.8 Å². The second kappa shape index (κ2) is 11.2. The number of rotatable bonds is 5. The van der Waals surface area contributed by atoms with E-state index in [1.165, 1.54) is 18.3 Å². The monoisotopic (exact) mass is 470 g/mol. The molecule has 1 aromatic heterocycles. The van der Waals surface area contributed by atoms with Gasteiger partial charge in [0.2, 0.25) is 0 Å². The molecule has 134 valence electrons. The van der Waals surface area contributed by atoms with Gasteiger partial charge in [0.05, 0.1) is 0 Å². The number of allylic oxidation sites excluding steroid dienone is 1. The third-order valence-electron chi connectivity index (χ3n) is 2.83. The molecule has 7 nitrogen and oxygen atoms in total. The normalized spacial score (nSPS) is 11.4. The largest absolute Gasteiger partial charge is 1.00 e. The standard InChI is InChI=1S/C16H22N2O5.CH3.Cs/c1-6-7-12(14(20)21)18-9-10(2)8-11(13(18)19)17-15(22)23-16(3,4)5;;/h6,8-9,12H,1,7H2,2-5H3,(H,17,22)(H,20,21);1H3;/q;-1;+1. The number of anilines is 1. The SMILES string of the molecule is C=CCC(C(=O)O)n1cc(C)cc(NC(=O)OC(C)(C)C)c1=O.[CH3-].[Cs+]. The number of amides is 1. The number of carboxylic acids is 1. The quantitative estimate of drug-likeness (QED) is 0.472. The molecular weight excluding hydrogens is 445 g/mol. The Morgan fingerprint density at radius 2 is 2.00 bits per heavy atom. The van der Waals surface area contributed by atoms with Crippen molar-refractivity contribution in [2.45, 2.75) is 45.8 Å². The molecule has 1 unspecified atom stereocenters. The van der Waals surface area contributed by atoms with Gasteiger partial charge >= 0.3 is 81.0 Å². The Morgan fingerprint density at radius 3 is 2.44 bits per heavy atom. The summed E-state index contributed by atoms with van der Waals surface area (Å²) in [6, 6.07) is 0.384. The Labute approximate surface area is 207 Å². The van der Waals surface area contributed by atoms with Gasteiger partial charge in [-0.25, -0.2) is 9.59 Å². The van der Waals surface area contributed by atoms with Gasteiger partial charge in [-0.3, -0.25) is 14.7 Å². The molecule has 1 aromatic rings. The first kappa shape index (κ1) is 26.7. The summed E-state index contributed by atoms with van der Waals surface area (Å²) in [6.45, 7) is 10.3. The van der Waals surface area contributed by atoms with E-state index in [9.17, 15) is 19.5 Å². The van der Waals surface area contributed by atoms with E-state index < -0.39 is 29.3 Å². The summed E-state index contributed by atoms with van der Waals surface area (Å²) >= 11 is 0. The summed E-state index contributed by atoms with van der Waals surface area (Å²) in [4.78, 5) is 35.6. The van der Waals surface area contributed by atoms with Crippen LogP contribution in [0.25, 0.3) is 0 Å². The fraction of sp³-hybridized carbons (Fsp3) is 0.412. The number of aromatic nitrogens is 1. The van der Waals surface area contributed by atoms with Gasteiger partial charge in [-0.1, -0.05) is 6.08 Å². The molecule has 1 heterocycles. The van der Waals surface area contributed by atoms with Crippen molar-refractivity contribution in [3.63, 3.8) is 0 Å². The fourth-order valence-electron chi connectivity index (χ4n) is 1.97. The van der Waals surface area contributed by atoms with Crippen LogP contribution in [0.2, 0.25) is 0 Å². The first-order valence-electron chi connectivity index (χ1n) is 7.11. The number of hydrogen-bond donors (Lipinski definition) is 2. The zero-order chi connectivity index (χ0) is 17.8. The van der Waals surface area contributed by atoms with E-state index in [1.54, 1.807) is 27.7 Å². The van der Waals surface area contributed by atoms with Gasteiger partial charge in [0.1, 0.15) is 17.3 Å². The van der Waals surface area contributed by atoms with E-state index in [-0.39, 0.29) is 88.4 Å². The Kier molecular flexibility index (Phi) is 12.0. The number of aryl methyl sites for hydroxylation is 1. The Bertz CT molecular complexity index is 677. The third kappa shape index (κ3) is 8.61. The second-order valence-corrected chi connectivity index (χ2v) is 6.15. The second-order valence-electron chi connectivity index (χ2n) is 6.15. The molecule has 0 radical (unpaired) electrons. The van der Waals surface area contributed by atoms with Gasteiger partial charge in [0, 0.05) is 6.20 Å². The van der Waals surface area contributed by atoms with Crippen molar-refractivity contribution in [1.82, 2.24) is 4.57 Å². The van der Waals surface area contributed by atoms with E-state index in [0.717, 1.165) is 4.57 Å². The van der Waals surface area contributed by atoms with Crippen molar-refractivity contribution in [3.8, 4) is 0 Å². The van der Waals surface area contributed by atoms with Crippen molar-refractivity contribution in [2.75, 3.05) is 5.32 Å². The average Bonchev–Trinajstić information content (AvgIpc) is 2.37. The minimum atomic E-state index is -1.15. The van der Waals surface area contributed by atoms with Crippen molar-refractivity contribution in [3.05, 3.63) is 48.3 Å². The molecule has 0 fully saturated rings. The number of carbonyl (C=O) groups excluding carboxylic acids is 1. The van der Waals surface area contributed by atoms with Crippen LogP contribution in [0, 0.1) is 14.4 Å². The fourth-order valence-corrected chi connectivity index (χ4v) is 1.97. The van der Waals surface area contributed by atoms with Gasteiger partial charge in [-0.05, 0) is 45.7 Å². The number of carboxylic acid groups (broad SMARTS) is 1. The van der Waals surface area contributed by atoms with Crippen molar-refractivity contribution in [2.24, 2.45) is 0 Å². The van der Waals surface area contributed by atoms with Crippen molar-refractivity contribution < 1.29 is 88.3 Å². The molecule has 0 saturated heterocycles. The summed E-state index contributed by atoms with van der Waals surface area (Å²) in [5, 5.41) is 11.6. The number of nitrogens with one attached hydrogen (secondary N) is 1. The third-order valence-corrected chi connectivity index (χ3v) is 2.83. The number of ether oxygens (including phenoxy) is 1. The molecule has 0 aliphatic heterocycles. The number of hydrogen-bond acceptors (Lipinski definition) is 4. The first-order chi connectivity index (χ1) is 10.5. The summed E-state index contributed by atoms with van der Waals surface area (Å²) in [6.07, 6.45) is 2.17. The van der Waals surface area contributed by atoms with E-state index in [2.05, 4.69) is 11.9 Å². The molecule has 2 N–H and O–H groups in total. The molecule has 0 aliphatic rings. The van der Waals surface area contributed by atoms with Crippen LogP contribution in [0.3, 0.4) is 0 Å². The summed E-state index contributed by atoms with van der Waals surface area (Å²) in [7, 11) is 0. The molecule has 1 atom stereocenters. The molecule has 0 spiro atoms. The molecule has 0 saturated carbocycles. The zero-order valence-electron chi connectivity index (χ0n) is 15.8. The molecule has 1 amide bonds. The molecule has 1 rings (SSSR count). The predicted molar refractivity (Wildman–Crippen MR) is 93.2 cm³/mol. The maximum Gasteiger partial charge on any atom is 1.00 e. The minimum Gasteiger partial charge on any atom is -0.480 e. The van der Waals surface area contributed by atoms with Crippen LogP contribution < -0.4 is 79.8 Å². The number of nitrogens with zero attached hydrogens (tertiary/aromatic N) is 1. The summed E-state index contributed by atoms with van der Waals surface area (Å²) in [5.74, 6) is -1.15. The van der Waals surface area contributed by atoms with Crippen LogP contribution in [0.4, 0.5) is 10.5 Å². The van der Waals surface area contributed by atoms with Gasteiger partial charge in [-0.15, -0.1) is 6.58 Å². The molecule has 25 heavy (non-hydrogen) atoms. The minimum absolute atomic E-state index is 0. The van der Waals surface area contributed by atoms with E-state index in [4.69, 9.17) is 4.74 Å². The van der Waals surface area contributed by atoms with Gasteiger partial charge in [-0.2, -0.15) is 0 Å². The van der Waals surface area contributed by atoms with Crippen molar-refractivity contribution >= 4 is 17.7 Å². The zero-order valence-corrected chi connectivity index (χ0v) is 22.0. The molecule has 0 bridgehead atoms. The Hall–Kier alpha value is -0.518.